The molecule has 1 aliphatic heterocycles. The minimum Gasteiger partial charge on any atom is -0.339 e. The Labute approximate surface area is 166 Å². The summed E-state index contributed by atoms with van der Waals surface area (Å²) in [6.07, 6.45) is 2.10. The van der Waals surface area contributed by atoms with Crippen molar-refractivity contribution >= 4 is 45.2 Å². The molecule has 0 aromatic heterocycles. The number of carbonyl (C=O) groups is 2. The minimum absolute atomic E-state index is 0.000677. The molecule has 2 aromatic carbocycles. The second kappa shape index (κ2) is 9.24. The standard InChI is InChI=1S/C20H21BrN2O2S/c21-17-9-3-1-7-15(17)13-26-14-19(24)22-18-10-4-2-8-16(18)20(25)23-11-5-6-12-23/h1-4,7-10H,5-6,11-14H2,(H,22,24). The Morgan fingerprint density at radius 3 is 2.50 bits per heavy atom. The molecular formula is C20H21BrN2O2S. The summed E-state index contributed by atoms with van der Waals surface area (Å²) in [4.78, 5) is 26.8. The summed E-state index contributed by atoms with van der Waals surface area (Å²) in [7, 11) is 0. The van der Waals surface area contributed by atoms with Gasteiger partial charge in [0.2, 0.25) is 5.91 Å². The number of likely N-dealkylation sites (tertiary alicyclic amines) is 1. The maximum absolute atomic E-state index is 12.7. The molecule has 0 unspecified atom stereocenters. The van der Waals surface area contributed by atoms with Crippen LogP contribution in [0.4, 0.5) is 5.69 Å². The molecule has 1 fully saturated rings. The van der Waals surface area contributed by atoms with Crippen LogP contribution in [0.1, 0.15) is 28.8 Å². The van der Waals surface area contributed by atoms with E-state index in [4.69, 9.17) is 0 Å². The van der Waals surface area contributed by atoms with E-state index >= 15 is 0 Å². The number of rotatable bonds is 6. The molecule has 0 spiro atoms. The highest BCUT2D eigenvalue weighted by Gasteiger charge is 2.22. The van der Waals surface area contributed by atoms with E-state index in [1.54, 1.807) is 23.9 Å². The molecule has 6 heteroatoms. The summed E-state index contributed by atoms with van der Waals surface area (Å²) in [6, 6.07) is 15.2. The topological polar surface area (TPSA) is 49.4 Å². The lowest BCUT2D eigenvalue weighted by Gasteiger charge is -2.18. The number of carbonyl (C=O) groups excluding carboxylic acids is 2. The summed E-state index contributed by atoms with van der Waals surface area (Å²) < 4.78 is 1.05. The smallest absolute Gasteiger partial charge is 0.255 e. The first kappa shape index (κ1) is 19.0. The number of para-hydroxylation sites is 1. The molecule has 2 amide bonds. The van der Waals surface area contributed by atoms with Crippen molar-refractivity contribution in [2.45, 2.75) is 18.6 Å². The maximum Gasteiger partial charge on any atom is 0.255 e. The number of anilines is 1. The number of benzene rings is 2. The van der Waals surface area contributed by atoms with Gasteiger partial charge >= 0.3 is 0 Å². The van der Waals surface area contributed by atoms with E-state index in [1.165, 1.54) is 0 Å². The lowest BCUT2D eigenvalue weighted by molar-refractivity contribution is -0.113. The fourth-order valence-corrected chi connectivity index (χ4v) is 4.37. The average Bonchev–Trinajstić information content (AvgIpc) is 3.18. The minimum atomic E-state index is -0.0938. The summed E-state index contributed by atoms with van der Waals surface area (Å²) >= 11 is 5.07. The van der Waals surface area contributed by atoms with Crippen molar-refractivity contribution in [2.24, 2.45) is 0 Å². The van der Waals surface area contributed by atoms with Crippen LogP contribution >= 0.6 is 27.7 Å². The van der Waals surface area contributed by atoms with E-state index in [0.717, 1.165) is 41.7 Å². The molecule has 0 saturated carbocycles. The van der Waals surface area contributed by atoms with Gasteiger partial charge in [-0.05, 0) is 36.6 Å². The Hall–Kier alpha value is -1.79. The molecule has 0 radical (unpaired) electrons. The Bertz CT molecular complexity index is 791. The predicted octanol–water partition coefficient (Wildman–Crippen LogP) is 4.56. The first-order chi connectivity index (χ1) is 12.6. The Morgan fingerprint density at radius 2 is 1.73 bits per heavy atom. The Kier molecular flexibility index (Phi) is 6.74. The van der Waals surface area contributed by atoms with Gasteiger partial charge in [-0.25, -0.2) is 0 Å². The first-order valence-electron chi connectivity index (χ1n) is 8.64. The quantitative estimate of drug-likeness (QED) is 0.727. The number of hydrogen-bond acceptors (Lipinski definition) is 3. The number of amides is 2. The lowest BCUT2D eigenvalue weighted by atomic mass is 10.1. The van der Waals surface area contributed by atoms with E-state index in [9.17, 15) is 9.59 Å². The zero-order chi connectivity index (χ0) is 18.4. The molecule has 1 heterocycles. The highest BCUT2D eigenvalue weighted by atomic mass is 79.9. The number of nitrogens with zero attached hydrogens (tertiary/aromatic N) is 1. The van der Waals surface area contributed by atoms with Crippen molar-refractivity contribution in [3.63, 3.8) is 0 Å². The third-order valence-electron chi connectivity index (χ3n) is 4.27. The van der Waals surface area contributed by atoms with Gasteiger partial charge in [0.05, 0.1) is 17.0 Å². The second-order valence-corrected chi connectivity index (χ2v) is 8.02. The monoisotopic (exact) mass is 432 g/mol. The summed E-state index contributed by atoms with van der Waals surface area (Å²) in [5.74, 6) is 1.000. The summed E-state index contributed by atoms with van der Waals surface area (Å²) in [5, 5.41) is 2.90. The molecule has 0 atom stereocenters. The van der Waals surface area contributed by atoms with Crippen LogP contribution in [0, 0.1) is 0 Å². The molecule has 1 saturated heterocycles. The van der Waals surface area contributed by atoms with E-state index < -0.39 is 0 Å². The number of halogens is 1. The van der Waals surface area contributed by atoms with Crippen LogP contribution in [0.3, 0.4) is 0 Å². The van der Waals surface area contributed by atoms with Crippen molar-refractivity contribution in [3.05, 3.63) is 64.1 Å². The van der Waals surface area contributed by atoms with E-state index in [1.807, 2.05) is 41.3 Å². The number of nitrogens with one attached hydrogen (secondary N) is 1. The second-order valence-electron chi connectivity index (χ2n) is 6.18. The fraction of sp³-hybridized carbons (Fsp3) is 0.300. The third-order valence-corrected chi connectivity index (χ3v) is 6.03. The van der Waals surface area contributed by atoms with Gasteiger partial charge in [0, 0.05) is 23.3 Å². The van der Waals surface area contributed by atoms with Crippen molar-refractivity contribution in [1.82, 2.24) is 4.90 Å². The van der Waals surface area contributed by atoms with Crippen LogP contribution in [0.5, 0.6) is 0 Å². The van der Waals surface area contributed by atoms with E-state index in [-0.39, 0.29) is 11.8 Å². The van der Waals surface area contributed by atoms with Gasteiger partial charge in [0.25, 0.3) is 5.91 Å². The highest BCUT2D eigenvalue weighted by Crippen LogP contribution is 2.23. The van der Waals surface area contributed by atoms with Crippen LogP contribution < -0.4 is 5.32 Å². The van der Waals surface area contributed by atoms with Gasteiger partial charge in [-0.15, -0.1) is 11.8 Å². The predicted molar refractivity (Wildman–Crippen MR) is 111 cm³/mol. The molecule has 26 heavy (non-hydrogen) atoms. The van der Waals surface area contributed by atoms with Gasteiger partial charge in [-0.3, -0.25) is 9.59 Å². The van der Waals surface area contributed by atoms with E-state index in [0.29, 0.717) is 17.0 Å². The van der Waals surface area contributed by atoms with Gasteiger partial charge < -0.3 is 10.2 Å². The molecule has 3 rings (SSSR count). The van der Waals surface area contributed by atoms with Gasteiger partial charge in [-0.2, -0.15) is 0 Å². The van der Waals surface area contributed by atoms with Gasteiger partial charge in [0.1, 0.15) is 0 Å². The number of hydrogen-bond donors (Lipinski definition) is 1. The molecule has 0 aliphatic carbocycles. The normalized spacial score (nSPS) is 13.7. The molecule has 136 valence electrons. The highest BCUT2D eigenvalue weighted by molar-refractivity contribution is 9.10. The van der Waals surface area contributed by atoms with Crippen molar-refractivity contribution in [2.75, 3.05) is 24.2 Å². The molecular weight excluding hydrogens is 412 g/mol. The zero-order valence-corrected chi connectivity index (χ0v) is 16.8. The van der Waals surface area contributed by atoms with Gasteiger partial charge in [0.15, 0.2) is 0 Å². The molecule has 1 aliphatic rings. The number of thioether (sulfide) groups is 1. The largest absolute Gasteiger partial charge is 0.339 e. The Morgan fingerprint density at radius 1 is 1.04 bits per heavy atom. The maximum atomic E-state index is 12.7. The summed E-state index contributed by atoms with van der Waals surface area (Å²) in [5.41, 5.74) is 2.32. The molecule has 0 bridgehead atoms. The molecule has 1 N–H and O–H groups in total. The van der Waals surface area contributed by atoms with Crippen LogP contribution in [0.15, 0.2) is 53.0 Å². The Balaban J connectivity index is 1.57. The van der Waals surface area contributed by atoms with E-state index in [2.05, 4.69) is 21.2 Å². The SMILES string of the molecule is O=C(CSCc1ccccc1Br)Nc1ccccc1C(=O)N1CCCC1. The zero-order valence-electron chi connectivity index (χ0n) is 14.4. The van der Waals surface area contributed by atoms with Crippen LogP contribution in [0.2, 0.25) is 0 Å². The first-order valence-corrected chi connectivity index (χ1v) is 10.6. The lowest BCUT2D eigenvalue weighted by Crippen LogP contribution is -2.29. The molecule has 4 nitrogen and oxygen atoms in total. The third kappa shape index (κ3) is 4.89. The van der Waals surface area contributed by atoms with Crippen LogP contribution in [-0.4, -0.2) is 35.6 Å². The summed E-state index contributed by atoms with van der Waals surface area (Å²) in [6.45, 7) is 1.59. The van der Waals surface area contributed by atoms with Crippen LogP contribution in [-0.2, 0) is 10.5 Å². The average molecular weight is 433 g/mol. The molecule has 2 aromatic rings. The van der Waals surface area contributed by atoms with Crippen molar-refractivity contribution in [1.29, 1.82) is 0 Å². The fourth-order valence-electron chi connectivity index (χ4n) is 2.92. The van der Waals surface area contributed by atoms with Crippen molar-refractivity contribution < 1.29 is 9.59 Å². The van der Waals surface area contributed by atoms with Gasteiger partial charge in [-0.1, -0.05) is 46.3 Å². The van der Waals surface area contributed by atoms with Crippen molar-refractivity contribution in [3.8, 4) is 0 Å². The van der Waals surface area contributed by atoms with Crippen LogP contribution in [0.25, 0.3) is 0 Å².